The summed E-state index contributed by atoms with van der Waals surface area (Å²) < 4.78 is 5.41. The van der Waals surface area contributed by atoms with Crippen LogP contribution in [0.15, 0.2) is 24.3 Å². The molecule has 0 radical (unpaired) electrons. The van der Waals surface area contributed by atoms with Crippen molar-refractivity contribution in [3.05, 3.63) is 29.8 Å². The third kappa shape index (κ3) is 3.01. The zero-order valence-electron chi connectivity index (χ0n) is 10.9. The lowest BCUT2D eigenvalue weighted by molar-refractivity contribution is 0.243. The van der Waals surface area contributed by atoms with Crippen molar-refractivity contribution in [2.24, 2.45) is 17.6 Å². The van der Waals surface area contributed by atoms with Crippen LogP contribution in [0.4, 0.5) is 0 Å². The molecule has 1 aromatic rings. The summed E-state index contributed by atoms with van der Waals surface area (Å²) in [6, 6.07) is 8.65. The van der Waals surface area contributed by atoms with Crippen molar-refractivity contribution in [3.63, 3.8) is 0 Å². The summed E-state index contributed by atoms with van der Waals surface area (Å²) in [6.07, 6.45) is 4.75. The standard InChI is InChI=1S/C15H23NO/c1-11-7-8-14(16)13(9-11)10-12-5-3-4-6-15(12)17-2/h3-6,11,13-14H,7-10,16H2,1-2H3. The molecule has 0 amide bonds. The monoisotopic (exact) mass is 233 g/mol. The van der Waals surface area contributed by atoms with Gasteiger partial charge in [-0.2, -0.15) is 0 Å². The second-order valence-corrected chi connectivity index (χ2v) is 5.36. The van der Waals surface area contributed by atoms with E-state index in [1.165, 1.54) is 24.8 Å². The summed E-state index contributed by atoms with van der Waals surface area (Å²) in [6.45, 7) is 2.33. The van der Waals surface area contributed by atoms with Crippen molar-refractivity contribution < 1.29 is 4.74 Å². The van der Waals surface area contributed by atoms with Gasteiger partial charge in [0.25, 0.3) is 0 Å². The van der Waals surface area contributed by atoms with E-state index in [1.54, 1.807) is 7.11 Å². The average Bonchev–Trinajstić information content (AvgIpc) is 2.34. The van der Waals surface area contributed by atoms with Crippen LogP contribution in [0, 0.1) is 11.8 Å². The number of nitrogens with two attached hydrogens (primary N) is 1. The smallest absolute Gasteiger partial charge is 0.122 e. The Bertz CT molecular complexity index is 364. The Kier molecular flexibility index (Phi) is 4.06. The predicted octanol–water partition coefficient (Wildman–Crippen LogP) is 3.00. The van der Waals surface area contributed by atoms with Gasteiger partial charge in [0, 0.05) is 6.04 Å². The first-order valence-electron chi connectivity index (χ1n) is 6.58. The Morgan fingerprint density at radius 2 is 2.06 bits per heavy atom. The van der Waals surface area contributed by atoms with Crippen molar-refractivity contribution in [1.29, 1.82) is 0 Å². The summed E-state index contributed by atoms with van der Waals surface area (Å²) in [5, 5.41) is 0. The van der Waals surface area contributed by atoms with E-state index in [1.807, 2.05) is 12.1 Å². The summed E-state index contributed by atoms with van der Waals surface area (Å²) in [5.41, 5.74) is 7.54. The van der Waals surface area contributed by atoms with E-state index in [9.17, 15) is 0 Å². The van der Waals surface area contributed by atoms with Gasteiger partial charge in [0.05, 0.1) is 7.11 Å². The van der Waals surface area contributed by atoms with E-state index >= 15 is 0 Å². The zero-order chi connectivity index (χ0) is 12.3. The summed E-state index contributed by atoms with van der Waals surface area (Å²) >= 11 is 0. The fraction of sp³-hybridized carbons (Fsp3) is 0.600. The molecule has 3 atom stereocenters. The number of hydrogen-bond donors (Lipinski definition) is 1. The molecule has 0 aliphatic heterocycles. The summed E-state index contributed by atoms with van der Waals surface area (Å²) in [5.74, 6) is 2.42. The Morgan fingerprint density at radius 1 is 1.29 bits per heavy atom. The molecule has 1 aliphatic carbocycles. The van der Waals surface area contributed by atoms with Gasteiger partial charge in [0.2, 0.25) is 0 Å². The Balaban J connectivity index is 2.08. The third-order valence-corrected chi connectivity index (χ3v) is 3.98. The molecule has 2 N–H and O–H groups in total. The minimum absolute atomic E-state index is 0.358. The molecule has 2 heteroatoms. The van der Waals surface area contributed by atoms with Gasteiger partial charge in [0.15, 0.2) is 0 Å². The number of ether oxygens (including phenoxy) is 1. The quantitative estimate of drug-likeness (QED) is 0.871. The maximum Gasteiger partial charge on any atom is 0.122 e. The van der Waals surface area contributed by atoms with E-state index in [4.69, 9.17) is 10.5 Å². The highest BCUT2D eigenvalue weighted by Gasteiger charge is 2.26. The number of methoxy groups -OCH3 is 1. The first-order chi connectivity index (χ1) is 8.20. The van der Waals surface area contributed by atoms with Crippen molar-refractivity contribution >= 4 is 0 Å². The molecule has 0 spiro atoms. The normalized spacial score (nSPS) is 29.0. The molecule has 1 aromatic carbocycles. The molecular formula is C15H23NO. The van der Waals surface area contributed by atoms with Crippen LogP contribution in [-0.4, -0.2) is 13.2 Å². The van der Waals surface area contributed by atoms with Gasteiger partial charge in [-0.25, -0.2) is 0 Å². The molecule has 2 rings (SSSR count). The van der Waals surface area contributed by atoms with Crippen molar-refractivity contribution in [2.75, 3.05) is 7.11 Å². The highest BCUT2D eigenvalue weighted by atomic mass is 16.5. The van der Waals surface area contributed by atoms with E-state index in [0.29, 0.717) is 12.0 Å². The maximum absolute atomic E-state index is 6.24. The first-order valence-corrected chi connectivity index (χ1v) is 6.58. The van der Waals surface area contributed by atoms with Crippen LogP contribution in [0.5, 0.6) is 5.75 Å². The molecule has 1 fully saturated rings. The second-order valence-electron chi connectivity index (χ2n) is 5.36. The van der Waals surface area contributed by atoms with Crippen LogP contribution in [0.2, 0.25) is 0 Å². The molecular weight excluding hydrogens is 210 g/mol. The Labute approximate surface area is 104 Å². The lowest BCUT2D eigenvalue weighted by atomic mass is 9.76. The molecule has 17 heavy (non-hydrogen) atoms. The summed E-state index contributed by atoms with van der Waals surface area (Å²) in [4.78, 5) is 0. The van der Waals surface area contributed by atoms with Crippen LogP contribution in [-0.2, 0) is 6.42 Å². The molecule has 1 saturated carbocycles. The maximum atomic E-state index is 6.24. The number of para-hydroxylation sites is 1. The van der Waals surface area contributed by atoms with Gasteiger partial charge >= 0.3 is 0 Å². The van der Waals surface area contributed by atoms with Gasteiger partial charge in [-0.15, -0.1) is 0 Å². The highest BCUT2D eigenvalue weighted by molar-refractivity contribution is 5.33. The van der Waals surface area contributed by atoms with Crippen LogP contribution >= 0.6 is 0 Å². The fourth-order valence-corrected chi connectivity index (χ4v) is 2.91. The highest BCUT2D eigenvalue weighted by Crippen LogP contribution is 2.32. The van der Waals surface area contributed by atoms with Crippen LogP contribution in [0.25, 0.3) is 0 Å². The first kappa shape index (κ1) is 12.4. The topological polar surface area (TPSA) is 35.2 Å². The minimum Gasteiger partial charge on any atom is -0.496 e. The molecule has 3 unspecified atom stereocenters. The van der Waals surface area contributed by atoms with Crippen molar-refractivity contribution in [2.45, 2.75) is 38.6 Å². The van der Waals surface area contributed by atoms with E-state index in [-0.39, 0.29) is 0 Å². The zero-order valence-corrected chi connectivity index (χ0v) is 10.9. The predicted molar refractivity (Wildman–Crippen MR) is 71.2 cm³/mol. The van der Waals surface area contributed by atoms with Crippen LogP contribution in [0.3, 0.4) is 0 Å². The average molecular weight is 233 g/mol. The van der Waals surface area contributed by atoms with E-state index in [0.717, 1.165) is 18.1 Å². The number of benzene rings is 1. The van der Waals surface area contributed by atoms with Crippen molar-refractivity contribution in [3.8, 4) is 5.75 Å². The summed E-state index contributed by atoms with van der Waals surface area (Å²) in [7, 11) is 1.74. The lowest BCUT2D eigenvalue weighted by Gasteiger charge is -2.32. The Hall–Kier alpha value is -1.02. The lowest BCUT2D eigenvalue weighted by Crippen LogP contribution is -2.36. The molecule has 94 valence electrons. The molecule has 0 aromatic heterocycles. The van der Waals surface area contributed by atoms with Gasteiger partial charge in [-0.3, -0.25) is 0 Å². The number of rotatable bonds is 3. The van der Waals surface area contributed by atoms with Gasteiger partial charge in [0.1, 0.15) is 5.75 Å². The molecule has 0 bridgehead atoms. The van der Waals surface area contributed by atoms with Gasteiger partial charge < -0.3 is 10.5 Å². The van der Waals surface area contributed by atoms with E-state index < -0.39 is 0 Å². The van der Waals surface area contributed by atoms with E-state index in [2.05, 4.69) is 19.1 Å². The molecule has 2 nitrogen and oxygen atoms in total. The molecule has 1 aliphatic rings. The second kappa shape index (κ2) is 5.54. The van der Waals surface area contributed by atoms with Crippen LogP contribution < -0.4 is 10.5 Å². The van der Waals surface area contributed by atoms with Crippen molar-refractivity contribution in [1.82, 2.24) is 0 Å². The Morgan fingerprint density at radius 3 is 2.82 bits per heavy atom. The largest absolute Gasteiger partial charge is 0.496 e. The van der Waals surface area contributed by atoms with Gasteiger partial charge in [-0.05, 0) is 49.1 Å². The fourth-order valence-electron chi connectivity index (χ4n) is 2.91. The minimum atomic E-state index is 0.358. The van der Waals surface area contributed by atoms with Crippen LogP contribution in [0.1, 0.15) is 31.7 Å². The third-order valence-electron chi connectivity index (χ3n) is 3.98. The van der Waals surface area contributed by atoms with Gasteiger partial charge in [-0.1, -0.05) is 25.1 Å². The molecule has 0 saturated heterocycles. The number of hydrogen-bond acceptors (Lipinski definition) is 2. The molecule has 0 heterocycles. The SMILES string of the molecule is COc1ccccc1CC1CC(C)CCC1N.